The van der Waals surface area contributed by atoms with Crippen molar-refractivity contribution in [2.75, 3.05) is 11.1 Å². The molecule has 5 aromatic carbocycles. The minimum Gasteiger partial charge on any atom is -0.397 e. The molecule has 0 atom stereocenters. The summed E-state index contributed by atoms with van der Waals surface area (Å²) in [5, 5.41) is 5.78. The largest absolute Gasteiger partial charge is 0.397 e. The third-order valence-corrected chi connectivity index (χ3v) is 6.93. The van der Waals surface area contributed by atoms with Crippen LogP contribution in [0.25, 0.3) is 38.6 Å². The second kappa shape index (κ2) is 11.2. The van der Waals surface area contributed by atoms with E-state index in [0.717, 1.165) is 28.3 Å². The quantitative estimate of drug-likeness (QED) is 0.228. The van der Waals surface area contributed by atoms with Crippen LogP contribution in [-0.2, 0) is 0 Å². The molecule has 0 saturated carbocycles. The summed E-state index contributed by atoms with van der Waals surface area (Å²) >= 11 is 0. The summed E-state index contributed by atoms with van der Waals surface area (Å²) in [4.78, 5) is 4.54. The van der Waals surface area contributed by atoms with Crippen molar-refractivity contribution in [1.82, 2.24) is 9.55 Å². The van der Waals surface area contributed by atoms with Crippen molar-refractivity contribution in [3.63, 3.8) is 0 Å². The first kappa shape index (κ1) is 25.0. The SMILES string of the molecule is Cc1cccc(-c2cncc(-n3c4ccccc4c4ccccc43)c2)c1.Nc1ccccc1Nc1ccccc1. The number of rotatable bonds is 4. The van der Waals surface area contributed by atoms with E-state index in [0.29, 0.717) is 0 Å². The van der Waals surface area contributed by atoms with Gasteiger partial charge in [0.15, 0.2) is 0 Å². The normalized spacial score (nSPS) is 10.7. The number of hydrogen-bond donors (Lipinski definition) is 2. The molecule has 0 fully saturated rings. The van der Waals surface area contributed by atoms with E-state index in [1.54, 1.807) is 0 Å². The smallest absolute Gasteiger partial charge is 0.0651 e. The second-order valence-corrected chi connectivity index (χ2v) is 9.75. The average Bonchev–Trinajstić information content (AvgIpc) is 3.34. The number of hydrogen-bond acceptors (Lipinski definition) is 3. The maximum Gasteiger partial charge on any atom is 0.0651 e. The highest BCUT2D eigenvalue weighted by molar-refractivity contribution is 6.09. The highest BCUT2D eigenvalue weighted by Crippen LogP contribution is 2.32. The zero-order chi connectivity index (χ0) is 27.3. The van der Waals surface area contributed by atoms with Crippen molar-refractivity contribution in [3.8, 4) is 16.8 Å². The molecule has 2 heterocycles. The molecule has 3 N–H and O–H groups in total. The molecule has 0 spiro atoms. The summed E-state index contributed by atoms with van der Waals surface area (Å²) in [7, 11) is 0. The van der Waals surface area contributed by atoms with Gasteiger partial charge in [-0.25, -0.2) is 0 Å². The molecule has 0 bridgehead atoms. The Bertz CT molecular complexity index is 1850. The number of para-hydroxylation sites is 5. The highest BCUT2D eigenvalue weighted by Gasteiger charge is 2.12. The van der Waals surface area contributed by atoms with Crippen molar-refractivity contribution < 1.29 is 0 Å². The zero-order valence-corrected chi connectivity index (χ0v) is 22.3. The minimum atomic E-state index is 0.761. The summed E-state index contributed by atoms with van der Waals surface area (Å²) in [5.41, 5.74) is 15.6. The molecular weight excluding hydrogens is 488 g/mol. The Morgan fingerprint density at radius 1 is 0.600 bits per heavy atom. The van der Waals surface area contributed by atoms with Crippen LogP contribution in [0.5, 0.6) is 0 Å². The molecule has 0 aliphatic rings. The Balaban J connectivity index is 0.000000175. The van der Waals surface area contributed by atoms with Crippen molar-refractivity contribution in [2.24, 2.45) is 0 Å². The third kappa shape index (κ3) is 5.16. The highest BCUT2D eigenvalue weighted by atomic mass is 15.0. The van der Waals surface area contributed by atoms with E-state index in [1.807, 2.05) is 67.0 Å². The molecule has 0 radical (unpaired) electrons. The van der Waals surface area contributed by atoms with E-state index >= 15 is 0 Å². The summed E-state index contributed by atoms with van der Waals surface area (Å²) in [6, 6.07) is 45.6. The predicted octanol–water partition coefficient (Wildman–Crippen LogP) is 9.17. The zero-order valence-electron chi connectivity index (χ0n) is 22.3. The molecule has 0 saturated heterocycles. The molecule has 0 unspecified atom stereocenters. The molecule has 0 aliphatic heterocycles. The number of nitrogen functional groups attached to an aromatic ring is 1. The van der Waals surface area contributed by atoms with Gasteiger partial charge in [-0.3, -0.25) is 4.98 Å². The van der Waals surface area contributed by atoms with Crippen LogP contribution in [0.4, 0.5) is 17.1 Å². The number of aromatic nitrogens is 2. The van der Waals surface area contributed by atoms with E-state index < -0.39 is 0 Å². The number of nitrogens with zero attached hydrogens (tertiary/aromatic N) is 2. The van der Waals surface area contributed by atoms with Gasteiger partial charge in [-0.05, 0) is 55.0 Å². The molecule has 7 rings (SSSR count). The number of benzene rings is 5. The van der Waals surface area contributed by atoms with Crippen molar-refractivity contribution >= 4 is 38.9 Å². The maximum absolute atomic E-state index is 5.81. The van der Waals surface area contributed by atoms with E-state index in [1.165, 1.54) is 32.9 Å². The van der Waals surface area contributed by atoms with E-state index in [2.05, 4.69) is 101 Å². The first-order valence-electron chi connectivity index (χ1n) is 13.3. The third-order valence-electron chi connectivity index (χ3n) is 6.93. The second-order valence-electron chi connectivity index (χ2n) is 9.75. The lowest BCUT2D eigenvalue weighted by molar-refractivity contribution is 1.14. The minimum absolute atomic E-state index is 0.761. The van der Waals surface area contributed by atoms with Crippen LogP contribution >= 0.6 is 0 Å². The van der Waals surface area contributed by atoms with Gasteiger partial charge in [-0.2, -0.15) is 0 Å². The van der Waals surface area contributed by atoms with Gasteiger partial charge in [0.25, 0.3) is 0 Å². The molecule has 2 aromatic heterocycles. The van der Waals surface area contributed by atoms with Gasteiger partial charge >= 0.3 is 0 Å². The number of nitrogens with one attached hydrogen (secondary N) is 1. The van der Waals surface area contributed by atoms with Crippen molar-refractivity contribution in [2.45, 2.75) is 6.92 Å². The van der Waals surface area contributed by atoms with E-state index in [-0.39, 0.29) is 0 Å². The summed E-state index contributed by atoms with van der Waals surface area (Å²) in [6.07, 6.45) is 3.88. The lowest BCUT2D eigenvalue weighted by atomic mass is 10.1. The molecular formula is C36H30N4. The fourth-order valence-electron chi connectivity index (χ4n) is 5.02. The van der Waals surface area contributed by atoms with Crippen LogP contribution in [0.3, 0.4) is 0 Å². The molecule has 0 amide bonds. The fraction of sp³-hybridized carbons (Fsp3) is 0.0278. The number of fused-ring (bicyclic) bond motifs is 3. The number of pyridine rings is 1. The summed E-state index contributed by atoms with van der Waals surface area (Å²) in [6.45, 7) is 2.12. The van der Waals surface area contributed by atoms with E-state index in [9.17, 15) is 0 Å². The number of anilines is 3. The molecule has 4 heteroatoms. The summed E-state index contributed by atoms with van der Waals surface area (Å²) < 4.78 is 2.30. The Labute approximate surface area is 234 Å². The first-order valence-corrected chi connectivity index (χ1v) is 13.3. The lowest BCUT2D eigenvalue weighted by Crippen LogP contribution is -1.95. The first-order chi connectivity index (χ1) is 19.7. The lowest BCUT2D eigenvalue weighted by Gasteiger charge is -2.10. The van der Waals surface area contributed by atoms with Crippen molar-refractivity contribution in [1.29, 1.82) is 0 Å². The fourth-order valence-corrected chi connectivity index (χ4v) is 5.02. The van der Waals surface area contributed by atoms with Crippen molar-refractivity contribution in [3.05, 3.63) is 151 Å². The average molecular weight is 519 g/mol. The topological polar surface area (TPSA) is 55.9 Å². The van der Waals surface area contributed by atoms with Crippen LogP contribution in [0.1, 0.15) is 5.56 Å². The molecule has 4 nitrogen and oxygen atoms in total. The number of aryl methyl sites for hydroxylation is 1. The standard InChI is InChI=1S/C24H18N2.C12H12N2/c1-17-7-6-8-18(13-17)19-14-20(16-25-15-19)26-23-11-4-2-9-21(23)22-10-3-5-12-24(22)26;13-11-8-4-5-9-12(11)14-10-6-2-1-3-7-10/h2-16H,1H3;1-9,14H,13H2. The van der Waals surface area contributed by atoms with E-state index in [4.69, 9.17) is 5.73 Å². The predicted molar refractivity (Wildman–Crippen MR) is 169 cm³/mol. The van der Waals surface area contributed by atoms with Gasteiger partial charge < -0.3 is 15.6 Å². The Morgan fingerprint density at radius 3 is 1.95 bits per heavy atom. The molecule has 0 aliphatic carbocycles. The Morgan fingerprint density at radius 2 is 1.25 bits per heavy atom. The van der Waals surface area contributed by atoms with Gasteiger partial charge in [0.05, 0.1) is 34.3 Å². The van der Waals surface area contributed by atoms with Crippen LogP contribution < -0.4 is 11.1 Å². The van der Waals surface area contributed by atoms with Gasteiger partial charge in [-0.15, -0.1) is 0 Å². The Kier molecular flexibility index (Phi) is 6.97. The molecule has 40 heavy (non-hydrogen) atoms. The van der Waals surface area contributed by atoms with Crippen LogP contribution in [0, 0.1) is 6.92 Å². The van der Waals surface area contributed by atoms with Gasteiger partial charge in [0.1, 0.15) is 0 Å². The Hall–Kier alpha value is -5.35. The van der Waals surface area contributed by atoms with Gasteiger partial charge in [0, 0.05) is 28.2 Å². The molecule has 7 aromatic rings. The van der Waals surface area contributed by atoms with Crippen LogP contribution in [-0.4, -0.2) is 9.55 Å². The monoisotopic (exact) mass is 518 g/mol. The van der Waals surface area contributed by atoms with Crippen LogP contribution in [0.15, 0.2) is 146 Å². The summed E-state index contributed by atoms with van der Waals surface area (Å²) in [5.74, 6) is 0. The maximum atomic E-state index is 5.81. The van der Waals surface area contributed by atoms with Gasteiger partial charge in [-0.1, -0.05) is 96.6 Å². The van der Waals surface area contributed by atoms with Crippen LogP contribution in [0.2, 0.25) is 0 Å². The molecule has 194 valence electrons. The number of nitrogens with two attached hydrogens (primary N) is 1. The van der Waals surface area contributed by atoms with Gasteiger partial charge in [0.2, 0.25) is 0 Å².